The Morgan fingerprint density at radius 1 is 1.25 bits per heavy atom. The molecule has 0 heterocycles. The van der Waals surface area contributed by atoms with E-state index in [4.69, 9.17) is 5.11 Å². The van der Waals surface area contributed by atoms with Gasteiger partial charge in [0.15, 0.2) is 0 Å². The molecule has 2 amide bonds. The van der Waals surface area contributed by atoms with Gasteiger partial charge in [0.05, 0.1) is 5.56 Å². The standard InChI is InChI=1S/C13H16BrFN2O3/c14-11-3-2-9(15)8-10(11)13(20)17-6-4-12(19)16-5-1-7-18/h2-3,8,18H,1,4-7H2,(H,16,19)(H,17,20). The summed E-state index contributed by atoms with van der Waals surface area (Å²) in [5.74, 6) is -1.16. The second kappa shape index (κ2) is 8.65. The molecule has 1 aromatic carbocycles. The highest BCUT2D eigenvalue weighted by molar-refractivity contribution is 9.10. The predicted octanol–water partition coefficient (Wildman–Crippen LogP) is 1.21. The minimum atomic E-state index is -0.500. The van der Waals surface area contributed by atoms with Crippen LogP contribution in [0.15, 0.2) is 22.7 Å². The lowest BCUT2D eigenvalue weighted by atomic mass is 10.2. The van der Waals surface area contributed by atoms with Crippen LogP contribution >= 0.6 is 15.9 Å². The summed E-state index contributed by atoms with van der Waals surface area (Å²) in [6.45, 7) is 0.579. The fourth-order valence-electron chi connectivity index (χ4n) is 1.45. The maximum atomic E-state index is 13.0. The van der Waals surface area contributed by atoms with Crippen molar-refractivity contribution in [3.05, 3.63) is 34.1 Å². The van der Waals surface area contributed by atoms with E-state index in [1.807, 2.05) is 0 Å². The Kier molecular flexibility index (Phi) is 7.17. The van der Waals surface area contributed by atoms with Crippen LogP contribution < -0.4 is 10.6 Å². The lowest BCUT2D eigenvalue weighted by molar-refractivity contribution is -0.120. The van der Waals surface area contributed by atoms with Gasteiger partial charge in [-0.2, -0.15) is 0 Å². The van der Waals surface area contributed by atoms with Crippen LogP contribution in [0.5, 0.6) is 0 Å². The van der Waals surface area contributed by atoms with Crippen molar-refractivity contribution in [2.75, 3.05) is 19.7 Å². The normalized spacial score (nSPS) is 10.2. The van der Waals surface area contributed by atoms with Crippen molar-refractivity contribution in [2.45, 2.75) is 12.8 Å². The van der Waals surface area contributed by atoms with Gasteiger partial charge in [-0.05, 0) is 40.5 Å². The number of nitrogens with one attached hydrogen (secondary N) is 2. The van der Waals surface area contributed by atoms with Crippen LogP contribution in [0.4, 0.5) is 4.39 Å². The average Bonchev–Trinajstić information content (AvgIpc) is 2.41. The molecule has 0 aliphatic carbocycles. The van der Waals surface area contributed by atoms with Crippen molar-refractivity contribution in [3.8, 4) is 0 Å². The van der Waals surface area contributed by atoms with Gasteiger partial charge in [0.2, 0.25) is 5.91 Å². The monoisotopic (exact) mass is 346 g/mol. The molecule has 7 heteroatoms. The number of hydrogen-bond acceptors (Lipinski definition) is 3. The zero-order valence-electron chi connectivity index (χ0n) is 10.8. The smallest absolute Gasteiger partial charge is 0.252 e. The van der Waals surface area contributed by atoms with Crippen LogP contribution in [0.25, 0.3) is 0 Å². The highest BCUT2D eigenvalue weighted by Gasteiger charge is 2.11. The Balaban J connectivity index is 2.36. The molecule has 110 valence electrons. The molecular weight excluding hydrogens is 331 g/mol. The molecule has 1 aromatic rings. The van der Waals surface area contributed by atoms with Gasteiger partial charge in [0.1, 0.15) is 5.82 Å². The molecule has 0 aliphatic heterocycles. The number of halogens is 2. The maximum absolute atomic E-state index is 13.0. The molecular formula is C13H16BrFN2O3. The van der Waals surface area contributed by atoms with Crippen molar-refractivity contribution >= 4 is 27.7 Å². The lowest BCUT2D eigenvalue weighted by Crippen LogP contribution is -2.31. The van der Waals surface area contributed by atoms with E-state index in [0.29, 0.717) is 17.4 Å². The molecule has 20 heavy (non-hydrogen) atoms. The summed E-state index contributed by atoms with van der Waals surface area (Å²) in [4.78, 5) is 23.1. The van der Waals surface area contributed by atoms with E-state index < -0.39 is 11.7 Å². The number of carbonyl (C=O) groups excluding carboxylic acids is 2. The van der Waals surface area contributed by atoms with E-state index in [1.54, 1.807) is 0 Å². The second-order valence-corrected chi connectivity index (χ2v) is 4.91. The van der Waals surface area contributed by atoms with Gasteiger partial charge < -0.3 is 15.7 Å². The first-order chi connectivity index (χ1) is 9.54. The number of aliphatic hydroxyl groups excluding tert-OH is 1. The van der Waals surface area contributed by atoms with Crippen molar-refractivity contribution < 1.29 is 19.1 Å². The van der Waals surface area contributed by atoms with Gasteiger partial charge in [0, 0.05) is 30.6 Å². The van der Waals surface area contributed by atoms with E-state index in [-0.39, 0.29) is 31.0 Å². The number of amides is 2. The Morgan fingerprint density at radius 2 is 2.00 bits per heavy atom. The van der Waals surface area contributed by atoms with Gasteiger partial charge in [-0.3, -0.25) is 9.59 Å². The minimum absolute atomic E-state index is 0.0185. The van der Waals surface area contributed by atoms with Gasteiger partial charge >= 0.3 is 0 Å². The number of carbonyl (C=O) groups is 2. The summed E-state index contributed by atoms with van der Waals surface area (Å²) in [5, 5.41) is 13.7. The van der Waals surface area contributed by atoms with Crippen molar-refractivity contribution in [2.24, 2.45) is 0 Å². The first-order valence-corrected chi connectivity index (χ1v) is 6.94. The molecule has 1 rings (SSSR count). The topological polar surface area (TPSA) is 78.4 Å². The number of hydrogen-bond donors (Lipinski definition) is 3. The number of aliphatic hydroxyl groups is 1. The molecule has 3 N–H and O–H groups in total. The largest absolute Gasteiger partial charge is 0.396 e. The fraction of sp³-hybridized carbons (Fsp3) is 0.385. The zero-order valence-corrected chi connectivity index (χ0v) is 12.4. The minimum Gasteiger partial charge on any atom is -0.396 e. The molecule has 0 saturated carbocycles. The highest BCUT2D eigenvalue weighted by atomic mass is 79.9. The molecule has 0 saturated heterocycles. The summed E-state index contributed by atoms with van der Waals surface area (Å²) in [6.07, 6.45) is 0.623. The molecule has 0 bridgehead atoms. The Labute approximate surface area is 124 Å². The molecule has 0 spiro atoms. The molecule has 0 atom stereocenters. The van der Waals surface area contributed by atoms with Crippen LogP contribution in [0.2, 0.25) is 0 Å². The zero-order chi connectivity index (χ0) is 15.0. The molecule has 0 aromatic heterocycles. The quantitative estimate of drug-likeness (QED) is 0.649. The van der Waals surface area contributed by atoms with Crippen LogP contribution in [0.1, 0.15) is 23.2 Å². The SMILES string of the molecule is O=C(CCNC(=O)c1cc(F)ccc1Br)NCCCO. The summed E-state index contributed by atoms with van der Waals surface area (Å²) >= 11 is 3.16. The fourth-order valence-corrected chi connectivity index (χ4v) is 1.88. The summed E-state index contributed by atoms with van der Waals surface area (Å²) < 4.78 is 13.5. The Morgan fingerprint density at radius 3 is 2.70 bits per heavy atom. The third-order valence-corrected chi connectivity index (χ3v) is 3.16. The van der Waals surface area contributed by atoms with Gasteiger partial charge in [-0.15, -0.1) is 0 Å². The highest BCUT2D eigenvalue weighted by Crippen LogP contribution is 2.17. The van der Waals surface area contributed by atoms with Crippen molar-refractivity contribution in [1.29, 1.82) is 0 Å². The van der Waals surface area contributed by atoms with E-state index in [0.717, 1.165) is 6.07 Å². The maximum Gasteiger partial charge on any atom is 0.252 e. The molecule has 5 nitrogen and oxygen atoms in total. The third-order valence-electron chi connectivity index (χ3n) is 2.47. The second-order valence-electron chi connectivity index (χ2n) is 4.06. The van der Waals surface area contributed by atoms with E-state index in [9.17, 15) is 14.0 Å². The van der Waals surface area contributed by atoms with Crippen LogP contribution in [0, 0.1) is 5.82 Å². The summed E-state index contributed by atoms with van der Waals surface area (Å²) in [7, 11) is 0. The van der Waals surface area contributed by atoms with Crippen molar-refractivity contribution in [3.63, 3.8) is 0 Å². The van der Waals surface area contributed by atoms with Crippen LogP contribution in [-0.2, 0) is 4.79 Å². The lowest BCUT2D eigenvalue weighted by Gasteiger charge is -2.07. The van der Waals surface area contributed by atoms with Crippen molar-refractivity contribution in [1.82, 2.24) is 10.6 Å². The van der Waals surface area contributed by atoms with E-state index >= 15 is 0 Å². The van der Waals surface area contributed by atoms with Gasteiger partial charge in [-0.25, -0.2) is 4.39 Å². The molecule has 0 unspecified atom stereocenters. The Bertz CT molecular complexity index is 483. The van der Waals surface area contributed by atoms with E-state index in [2.05, 4.69) is 26.6 Å². The number of benzene rings is 1. The molecule has 0 aliphatic rings. The van der Waals surface area contributed by atoms with Gasteiger partial charge in [-0.1, -0.05) is 0 Å². The summed E-state index contributed by atoms with van der Waals surface area (Å²) in [5.41, 5.74) is 0.186. The summed E-state index contributed by atoms with van der Waals surface area (Å²) in [6, 6.07) is 3.82. The molecule has 0 radical (unpaired) electrons. The van der Waals surface area contributed by atoms with Crippen LogP contribution in [0.3, 0.4) is 0 Å². The third kappa shape index (κ3) is 5.66. The predicted molar refractivity (Wildman–Crippen MR) is 75.8 cm³/mol. The van der Waals surface area contributed by atoms with E-state index in [1.165, 1.54) is 12.1 Å². The Hall–Kier alpha value is -1.47. The first-order valence-electron chi connectivity index (χ1n) is 6.15. The first kappa shape index (κ1) is 16.6. The molecule has 0 fully saturated rings. The number of rotatable bonds is 7. The van der Waals surface area contributed by atoms with Gasteiger partial charge in [0.25, 0.3) is 5.91 Å². The average molecular weight is 347 g/mol. The van der Waals surface area contributed by atoms with Crippen LogP contribution in [-0.4, -0.2) is 36.6 Å².